The molecule has 156 valence electrons. The first kappa shape index (κ1) is 19.8. The zero-order valence-corrected chi connectivity index (χ0v) is 17.6. The number of carbonyl (C=O) groups is 2. The van der Waals surface area contributed by atoms with Gasteiger partial charge in [-0.05, 0) is 76.2 Å². The number of hydrogen-bond donors (Lipinski definition) is 1. The average molecular weight is 433 g/mol. The summed E-state index contributed by atoms with van der Waals surface area (Å²) in [6, 6.07) is 17.2. The summed E-state index contributed by atoms with van der Waals surface area (Å²) in [6.45, 7) is 2.34. The predicted octanol–water partition coefficient (Wildman–Crippen LogP) is 4.15. The zero-order valence-electron chi connectivity index (χ0n) is 16.9. The highest BCUT2D eigenvalue weighted by Crippen LogP contribution is 2.41. The van der Waals surface area contributed by atoms with E-state index < -0.39 is 5.91 Å². The van der Waals surface area contributed by atoms with E-state index in [1.807, 2.05) is 53.4 Å². The fraction of sp³-hybridized carbons (Fsp3) is 0.200. The Bertz CT molecular complexity index is 1220. The Kier molecular flexibility index (Phi) is 5.00. The smallest absolute Gasteiger partial charge is 0.254 e. The molecule has 0 aromatic heterocycles. The highest BCUT2D eigenvalue weighted by Gasteiger charge is 2.26. The van der Waals surface area contributed by atoms with Crippen LogP contribution in [0.1, 0.15) is 31.8 Å². The molecule has 0 bridgehead atoms. The minimum absolute atomic E-state index is 0.0109. The topological polar surface area (TPSA) is 72.6 Å². The van der Waals surface area contributed by atoms with Crippen LogP contribution >= 0.6 is 11.6 Å². The second-order valence-electron chi connectivity index (χ2n) is 7.88. The van der Waals surface area contributed by atoms with Gasteiger partial charge in [0.2, 0.25) is 5.91 Å². The Morgan fingerprint density at radius 1 is 0.935 bits per heavy atom. The number of carbonyl (C=O) groups excluding carboxylic acids is 2. The lowest BCUT2D eigenvalue weighted by Crippen LogP contribution is -2.40. The van der Waals surface area contributed by atoms with Crippen molar-refractivity contribution in [1.29, 1.82) is 0 Å². The maximum atomic E-state index is 12.9. The van der Waals surface area contributed by atoms with Crippen molar-refractivity contribution in [3.8, 4) is 22.3 Å². The quantitative estimate of drug-likeness (QED) is 0.528. The Labute approximate surface area is 185 Å². The van der Waals surface area contributed by atoms with Crippen molar-refractivity contribution in [2.75, 3.05) is 26.3 Å². The van der Waals surface area contributed by atoms with Gasteiger partial charge in [-0.25, -0.2) is 0 Å². The van der Waals surface area contributed by atoms with Crippen LogP contribution in [-0.2, 0) is 11.2 Å². The molecule has 1 aliphatic carbocycles. The Morgan fingerprint density at radius 2 is 1.74 bits per heavy atom. The molecule has 0 radical (unpaired) electrons. The van der Waals surface area contributed by atoms with E-state index in [0.717, 1.165) is 33.4 Å². The normalized spacial score (nSPS) is 14.8. The fourth-order valence-electron chi connectivity index (χ4n) is 4.43. The van der Waals surface area contributed by atoms with Crippen LogP contribution in [0.4, 0.5) is 0 Å². The predicted molar refractivity (Wildman–Crippen MR) is 120 cm³/mol. The molecule has 1 aliphatic heterocycles. The zero-order chi connectivity index (χ0) is 21.5. The van der Waals surface area contributed by atoms with Gasteiger partial charge in [0.25, 0.3) is 5.91 Å². The van der Waals surface area contributed by atoms with Gasteiger partial charge in [0.15, 0.2) is 0 Å². The van der Waals surface area contributed by atoms with Gasteiger partial charge in [0.1, 0.15) is 0 Å². The molecule has 0 unspecified atom stereocenters. The molecule has 0 saturated carbocycles. The summed E-state index contributed by atoms with van der Waals surface area (Å²) in [4.78, 5) is 27.0. The summed E-state index contributed by atoms with van der Waals surface area (Å²) in [7, 11) is 0. The molecule has 5 nitrogen and oxygen atoms in total. The minimum atomic E-state index is -0.461. The lowest BCUT2D eigenvalue weighted by atomic mass is 9.94. The van der Waals surface area contributed by atoms with Gasteiger partial charge in [-0.1, -0.05) is 29.8 Å². The van der Waals surface area contributed by atoms with Crippen molar-refractivity contribution < 1.29 is 14.3 Å². The SMILES string of the molecule is NC(=O)c1cc(-c2cccc(Cl)c2)cc2c1Cc1cc(C(=O)N3CCOCC3)ccc1-2. The third-order valence-corrected chi connectivity index (χ3v) is 6.22. The van der Waals surface area contributed by atoms with Crippen LogP contribution in [0.25, 0.3) is 22.3 Å². The molecular weight excluding hydrogens is 412 g/mol. The van der Waals surface area contributed by atoms with E-state index in [2.05, 4.69) is 6.07 Å². The van der Waals surface area contributed by atoms with Gasteiger partial charge in [-0.3, -0.25) is 9.59 Å². The van der Waals surface area contributed by atoms with E-state index in [1.165, 1.54) is 0 Å². The first-order valence-electron chi connectivity index (χ1n) is 10.2. The van der Waals surface area contributed by atoms with Gasteiger partial charge in [-0.15, -0.1) is 0 Å². The third kappa shape index (κ3) is 3.60. The number of nitrogens with two attached hydrogens (primary N) is 1. The summed E-state index contributed by atoms with van der Waals surface area (Å²) in [5.41, 5.74) is 12.6. The number of fused-ring (bicyclic) bond motifs is 3. The first-order valence-corrected chi connectivity index (χ1v) is 10.6. The summed E-state index contributed by atoms with van der Waals surface area (Å²) in [5, 5.41) is 0.630. The van der Waals surface area contributed by atoms with Crippen molar-refractivity contribution in [3.05, 3.63) is 81.9 Å². The second-order valence-corrected chi connectivity index (χ2v) is 8.31. The standard InChI is InChI=1S/C25H21ClN2O3/c26-19-3-1-2-15(11-19)17-12-21-20-5-4-16(25(30)28-6-8-31-9-7-28)10-18(20)14-22(21)23(13-17)24(27)29/h1-5,10-13H,6-9,14H2,(H2,27,29). The van der Waals surface area contributed by atoms with E-state index in [9.17, 15) is 9.59 Å². The van der Waals surface area contributed by atoms with Gasteiger partial charge in [0.05, 0.1) is 13.2 Å². The number of benzene rings is 3. The summed E-state index contributed by atoms with van der Waals surface area (Å²) >= 11 is 6.17. The maximum absolute atomic E-state index is 12.9. The van der Waals surface area contributed by atoms with Crippen LogP contribution in [0.5, 0.6) is 0 Å². The Hall–Kier alpha value is -3.15. The lowest BCUT2D eigenvalue weighted by Gasteiger charge is -2.27. The maximum Gasteiger partial charge on any atom is 0.254 e. The number of amides is 2. The van der Waals surface area contributed by atoms with E-state index in [-0.39, 0.29) is 5.91 Å². The second kappa shape index (κ2) is 7.84. The number of hydrogen-bond acceptors (Lipinski definition) is 3. The number of nitrogens with zero attached hydrogens (tertiary/aromatic N) is 1. The average Bonchev–Trinajstić information content (AvgIpc) is 3.16. The Balaban J connectivity index is 1.57. The summed E-state index contributed by atoms with van der Waals surface area (Å²) in [6.07, 6.45) is 0.572. The van der Waals surface area contributed by atoms with Crippen LogP contribution < -0.4 is 5.73 Å². The van der Waals surface area contributed by atoms with Crippen LogP contribution in [-0.4, -0.2) is 43.0 Å². The van der Waals surface area contributed by atoms with Crippen molar-refractivity contribution in [2.45, 2.75) is 6.42 Å². The monoisotopic (exact) mass is 432 g/mol. The molecule has 2 N–H and O–H groups in total. The van der Waals surface area contributed by atoms with Crippen molar-refractivity contribution in [2.24, 2.45) is 5.73 Å². The van der Waals surface area contributed by atoms with Crippen molar-refractivity contribution >= 4 is 23.4 Å². The highest BCUT2D eigenvalue weighted by molar-refractivity contribution is 6.30. The lowest BCUT2D eigenvalue weighted by molar-refractivity contribution is 0.0303. The molecule has 6 heteroatoms. The minimum Gasteiger partial charge on any atom is -0.378 e. The molecular formula is C25H21ClN2O3. The van der Waals surface area contributed by atoms with Crippen LogP contribution in [0, 0.1) is 0 Å². The highest BCUT2D eigenvalue weighted by atomic mass is 35.5. The number of halogens is 1. The van der Waals surface area contributed by atoms with Gasteiger partial charge in [0, 0.05) is 29.2 Å². The molecule has 0 spiro atoms. The fourth-order valence-corrected chi connectivity index (χ4v) is 4.62. The van der Waals surface area contributed by atoms with Gasteiger partial charge >= 0.3 is 0 Å². The van der Waals surface area contributed by atoms with E-state index in [4.69, 9.17) is 22.1 Å². The van der Waals surface area contributed by atoms with Crippen LogP contribution in [0.15, 0.2) is 54.6 Å². The van der Waals surface area contributed by atoms with Crippen molar-refractivity contribution in [1.82, 2.24) is 4.90 Å². The number of rotatable bonds is 3. The molecule has 31 heavy (non-hydrogen) atoms. The van der Waals surface area contributed by atoms with Gasteiger partial charge < -0.3 is 15.4 Å². The van der Waals surface area contributed by atoms with E-state index in [0.29, 0.717) is 48.9 Å². The third-order valence-electron chi connectivity index (χ3n) is 5.98. The summed E-state index contributed by atoms with van der Waals surface area (Å²) in [5.74, 6) is -0.450. The molecule has 3 aromatic carbocycles. The molecule has 0 atom stereocenters. The van der Waals surface area contributed by atoms with Gasteiger partial charge in [-0.2, -0.15) is 0 Å². The molecule has 1 saturated heterocycles. The number of morpholine rings is 1. The molecule has 1 heterocycles. The van der Waals surface area contributed by atoms with Crippen LogP contribution in [0.2, 0.25) is 5.02 Å². The summed E-state index contributed by atoms with van der Waals surface area (Å²) < 4.78 is 5.35. The Morgan fingerprint density at radius 3 is 2.48 bits per heavy atom. The molecule has 2 aliphatic rings. The molecule has 2 amide bonds. The van der Waals surface area contributed by atoms with Crippen molar-refractivity contribution in [3.63, 3.8) is 0 Å². The molecule has 1 fully saturated rings. The molecule has 3 aromatic rings. The first-order chi connectivity index (χ1) is 15.0. The number of ether oxygens (including phenoxy) is 1. The van der Waals surface area contributed by atoms with E-state index >= 15 is 0 Å². The largest absolute Gasteiger partial charge is 0.378 e. The molecule has 5 rings (SSSR count). The number of primary amides is 1. The van der Waals surface area contributed by atoms with Crippen LogP contribution in [0.3, 0.4) is 0 Å². The van der Waals surface area contributed by atoms with E-state index in [1.54, 1.807) is 0 Å².